The number of rotatable bonds is 4. The number of nitrogens with one attached hydrogen (secondary N) is 1. The number of aromatic nitrogens is 1. The normalized spacial score (nSPS) is 15.5. The van der Waals surface area contributed by atoms with Gasteiger partial charge in [-0.05, 0) is 43.3 Å². The molecule has 1 aliphatic heterocycles. The Morgan fingerprint density at radius 1 is 1.35 bits per heavy atom. The van der Waals surface area contributed by atoms with Gasteiger partial charge in [0.2, 0.25) is 0 Å². The molecule has 1 N–H and O–H groups in total. The van der Waals surface area contributed by atoms with E-state index in [9.17, 15) is 4.79 Å². The number of carbonyl (C=O) groups excluding carboxylic acids is 1. The maximum Gasteiger partial charge on any atom is 0.322 e. The smallest absolute Gasteiger partial charge is 0.322 e. The molecule has 5 nitrogen and oxygen atoms in total. The molecule has 0 radical (unpaired) electrons. The molecule has 1 atom stereocenters. The van der Waals surface area contributed by atoms with E-state index >= 15 is 0 Å². The molecule has 2 aromatic heterocycles. The summed E-state index contributed by atoms with van der Waals surface area (Å²) in [6.07, 6.45) is 4.14. The van der Waals surface area contributed by atoms with Gasteiger partial charge in [-0.25, -0.2) is 9.78 Å². The van der Waals surface area contributed by atoms with E-state index in [1.54, 1.807) is 22.4 Å². The van der Waals surface area contributed by atoms with Crippen molar-refractivity contribution >= 4 is 28.9 Å². The Morgan fingerprint density at radius 3 is 2.83 bits per heavy atom. The van der Waals surface area contributed by atoms with Crippen LogP contribution in [0.15, 0.2) is 35.8 Å². The first-order chi connectivity index (χ1) is 11.2. The predicted octanol–water partition coefficient (Wildman–Crippen LogP) is 3.97. The average Bonchev–Trinajstić information content (AvgIpc) is 3.27. The Kier molecular flexibility index (Phi) is 4.81. The average molecular weight is 330 g/mol. The van der Waals surface area contributed by atoms with Crippen LogP contribution in [0.3, 0.4) is 0 Å². The summed E-state index contributed by atoms with van der Waals surface area (Å²) in [6.45, 7) is 4.04. The summed E-state index contributed by atoms with van der Waals surface area (Å²) in [5, 5.41) is 5.05. The number of nitrogens with zero attached hydrogens (tertiary/aromatic N) is 3. The Bertz CT molecular complexity index is 652. The quantitative estimate of drug-likeness (QED) is 0.923. The minimum atomic E-state index is -0.112. The van der Waals surface area contributed by atoms with E-state index < -0.39 is 0 Å². The summed E-state index contributed by atoms with van der Waals surface area (Å²) in [5.41, 5.74) is 0.782. The van der Waals surface area contributed by atoms with Gasteiger partial charge in [-0.3, -0.25) is 0 Å². The van der Waals surface area contributed by atoms with Gasteiger partial charge >= 0.3 is 6.03 Å². The van der Waals surface area contributed by atoms with Crippen LogP contribution in [0.2, 0.25) is 0 Å². The molecule has 1 fully saturated rings. The van der Waals surface area contributed by atoms with Crippen LogP contribution in [0.5, 0.6) is 0 Å². The second-order valence-corrected chi connectivity index (χ2v) is 6.78. The van der Waals surface area contributed by atoms with Gasteiger partial charge in [-0.2, -0.15) is 0 Å². The Hall–Kier alpha value is -2.08. The number of pyridine rings is 1. The fraction of sp³-hybridized carbons (Fsp3) is 0.412. The van der Waals surface area contributed by atoms with Crippen molar-refractivity contribution in [2.24, 2.45) is 0 Å². The molecule has 23 heavy (non-hydrogen) atoms. The van der Waals surface area contributed by atoms with Crippen LogP contribution in [0.25, 0.3) is 0 Å². The first-order valence-corrected chi connectivity index (χ1v) is 8.82. The van der Waals surface area contributed by atoms with Crippen LogP contribution in [-0.4, -0.2) is 36.1 Å². The van der Waals surface area contributed by atoms with Gasteiger partial charge in [0.1, 0.15) is 0 Å². The number of carbonyl (C=O) groups is 1. The molecule has 6 heteroatoms. The van der Waals surface area contributed by atoms with Gasteiger partial charge in [0.05, 0.1) is 11.7 Å². The lowest BCUT2D eigenvalue weighted by Crippen LogP contribution is -2.34. The molecule has 0 aromatic carbocycles. The van der Waals surface area contributed by atoms with E-state index in [1.165, 1.54) is 17.7 Å². The van der Waals surface area contributed by atoms with Crippen molar-refractivity contribution in [3.05, 3.63) is 40.7 Å². The zero-order valence-corrected chi connectivity index (χ0v) is 14.3. The highest BCUT2D eigenvalue weighted by Crippen LogP contribution is 2.28. The van der Waals surface area contributed by atoms with E-state index in [1.807, 2.05) is 37.6 Å². The van der Waals surface area contributed by atoms with Crippen LogP contribution in [-0.2, 0) is 0 Å². The summed E-state index contributed by atoms with van der Waals surface area (Å²) >= 11 is 1.66. The highest BCUT2D eigenvalue weighted by molar-refractivity contribution is 7.10. The lowest BCUT2D eigenvalue weighted by molar-refractivity contribution is 0.209. The molecule has 0 unspecified atom stereocenters. The van der Waals surface area contributed by atoms with Gasteiger partial charge < -0.3 is 15.1 Å². The van der Waals surface area contributed by atoms with Crippen molar-refractivity contribution in [3.8, 4) is 0 Å². The lowest BCUT2D eigenvalue weighted by atomic mass is 10.2. The van der Waals surface area contributed by atoms with Crippen molar-refractivity contribution in [2.45, 2.75) is 25.8 Å². The highest BCUT2D eigenvalue weighted by atomic mass is 32.1. The summed E-state index contributed by atoms with van der Waals surface area (Å²) in [4.78, 5) is 22.2. The van der Waals surface area contributed by atoms with Crippen LogP contribution in [0.1, 0.15) is 30.7 Å². The fourth-order valence-corrected chi connectivity index (χ4v) is 3.60. The predicted molar refractivity (Wildman–Crippen MR) is 95.2 cm³/mol. The van der Waals surface area contributed by atoms with Gasteiger partial charge in [0.25, 0.3) is 0 Å². The summed E-state index contributed by atoms with van der Waals surface area (Å²) in [6, 6.07) is 7.77. The minimum absolute atomic E-state index is 0.0434. The first-order valence-electron chi connectivity index (χ1n) is 7.94. The molecule has 1 saturated heterocycles. The molecular formula is C17H22N4OS. The summed E-state index contributed by atoms with van der Waals surface area (Å²) < 4.78 is 0. The van der Waals surface area contributed by atoms with Crippen molar-refractivity contribution < 1.29 is 4.79 Å². The van der Waals surface area contributed by atoms with Crippen LogP contribution < -0.4 is 10.2 Å². The van der Waals surface area contributed by atoms with Crippen LogP contribution in [0.4, 0.5) is 16.3 Å². The first kappa shape index (κ1) is 15.8. The van der Waals surface area contributed by atoms with Crippen LogP contribution in [0, 0.1) is 0 Å². The topological polar surface area (TPSA) is 48.5 Å². The largest absolute Gasteiger partial charge is 0.355 e. The van der Waals surface area contributed by atoms with Crippen molar-refractivity contribution in [3.63, 3.8) is 0 Å². The number of anilines is 2. The Labute approximate surface area is 140 Å². The molecule has 2 amide bonds. The number of amides is 2. The van der Waals surface area contributed by atoms with Gasteiger partial charge in [-0.1, -0.05) is 6.07 Å². The van der Waals surface area contributed by atoms with Gasteiger partial charge in [0.15, 0.2) is 5.82 Å². The third-order valence-corrected chi connectivity index (χ3v) is 5.33. The second kappa shape index (κ2) is 7.00. The zero-order chi connectivity index (χ0) is 16.2. The van der Waals surface area contributed by atoms with E-state index in [2.05, 4.69) is 21.3 Å². The fourth-order valence-electron chi connectivity index (χ4n) is 2.77. The van der Waals surface area contributed by atoms with E-state index in [0.717, 1.165) is 24.6 Å². The molecule has 3 heterocycles. The third kappa shape index (κ3) is 3.47. The Morgan fingerprint density at radius 2 is 2.13 bits per heavy atom. The SMILES string of the molecule is C[C@H](c1cccs1)N(C)C(=O)Nc1cccnc1N1CCCC1. The molecule has 0 aliphatic carbocycles. The second-order valence-electron chi connectivity index (χ2n) is 5.80. The number of hydrogen-bond donors (Lipinski definition) is 1. The molecule has 0 spiro atoms. The Balaban J connectivity index is 1.72. The van der Waals surface area contributed by atoms with Crippen molar-refractivity contribution in [1.82, 2.24) is 9.88 Å². The molecular weight excluding hydrogens is 308 g/mol. The molecule has 1 aliphatic rings. The molecule has 0 saturated carbocycles. The number of thiophene rings is 1. The third-order valence-electron chi connectivity index (χ3n) is 4.29. The van der Waals surface area contributed by atoms with Crippen molar-refractivity contribution in [1.29, 1.82) is 0 Å². The molecule has 0 bridgehead atoms. The standard InChI is InChI=1S/C17H22N4OS/c1-13(15-8-6-12-23-15)20(2)17(22)19-14-7-5-9-18-16(14)21-10-3-4-11-21/h5-9,12-13H,3-4,10-11H2,1-2H3,(H,19,22)/t13-/m1/s1. The highest BCUT2D eigenvalue weighted by Gasteiger charge is 2.21. The monoisotopic (exact) mass is 330 g/mol. The molecule has 3 rings (SSSR count). The zero-order valence-electron chi connectivity index (χ0n) is 13.5. The van der Waals surface area contributed by atoms with Crippen molar-refractivity contribution in [2.75, 3.05) is 30.4 Å². The number of urea groups is 1. The lowest BCUT2D eigenvalue weighted by Gasteiger charge is -2.26. The molecule has 122 valence electrons. The van der Waals surface area contributed by atoms with E-state index in [0.29, 0.717) is 0 Å². The summed E-state index contributed by atoms with van der Waals surface area (Å²) in [7, 11) is 1.83. The van der Waals surface area contributed by atoms with Gasteiger partial charge in [0, 0.05) is 31.2 Å². The van der Waals surface area contributed by atoms with Crippen LogP contribution >= 0.6 is 11.3 Å². The maximum absolute atomic E-state index is 12.6. The number of hydrogen-bond acceptors (Lipinski definition) is 4. The minimum Gasteiger partial charge on any atom is -0.355 e. The van der Waals surface area contributed by atoms with E-state index in [-0.39, 0.29) is 12.1 Å². The maximum atomic E-state index is 12.6. The van der Waals surface area contributed by atoms with Gasteiger partial charge in [-0.15, -0.1) is 11.3 Å². The molecule has 2 aromatic rings. The summed E-state index contributed by atoms with van der Waals surface area (Å²) in [5.74, 6) is 0.871. The van der Waals surface area contributed by atoms with E-state index in [4.69, 9.17) is 0 Å².